The molecule has 3 aromatic heterocycles. The summed E-state index contributed by atoms with van der Waals surface area (Å²) in [5.74, 6) is -0.0690. The number of hydrogen-bond acceptors (Lipinski definition) is 6. The average Bonchev–Trinajstić information content (AvgIpc) is 3.35. The average molecular weight is 392 g/mol. The number of carbonyl (C=O) groups is 1. The number of methoxy groups -OCH3 is 1. The highest BCUT2D eigenvalue weighted by Gasteiger charge is 2.17. The van der Waals surface area contributed by atoms with Gasteiger partial charge in [-0.2, -0.15) is 10.2 Å². The third kappa shape index (κ3) is 3.22. The Bertz CT molecular complexity index is 1300. The molecule has 0 radical (unpaired) electrons. The first-order valence-electron chi connectivity index (χ1n) is 9.09. The monoisotopic (exact) mass is 392 g/mol. The molecule has 8 nitrogen and oxygen atoms in total. The van der Waals surface area contributed by atoms with Gasteiger partial charge in [-0.05, 0) is 56.2 Å². The van der Waals surface area contributed by atoms with Gasteiger partial charge in [0.1, 0.15) is 17.8 Å². The fraction of sp³-hybridized carbons (Fsp3) is 0.238. The van der Waals surface area contributed by atoms with E-state index in [0.717, 1.165) is 11.3 Å². The van der Waals surface area contributed by atoms with Gasteiger partial charge in [-0.3, -0.25) is 4.79 Å². The minimum absolute atomic E-state index is 0.0773. The number of fused-ring (bicyclic) bond motifs is 1. The molecule has 0 aliphatic carbocycles. The Balaban J connectivity index is 1.81. The SMILES string of the molecule is COC(=O)c1ccc(Cn2nc(C)c3cnn(-c4ccc(C)c(C)c4)c3c2=O)o1. The summed E-state index contributed by atoms with van der Waals surface area (Å²) in [5, 5.41) is 9.50. The fourth-order valence-electron chi connectivity index (χ4n) is 3.20. The lowest BCUT2D eigenvalue weighted by atomic mass is 10.1. The molecule has 0 saturated carbocycles. The first kappa shape index (κ1) is 18.7. The molecule has 4 rings (SSSR count). The van der Waals surface area contributed by atoms with Crippen molar-refractivity contribution in [3.63, 3.8) is 0 Å². The number of carbonyl (C=O) groups excluding carboxylic acids is 1. The van der Waals surface area contributed by atoms with Crippen LogP contribution in [0, 0.1) is 20.8 Å². The minimum atomic E-state index is -0.573. The summed E-state index contributed by atoms with van der Waals surface area (Å²) in [5.41, 5.74) is 3.92. The van der Waals surface area contributed by atoms with Crippen molar-refractivity contribution in [3.8, 4) is 5.69 Å². The smallest absolute Gasteiger partial charge is 0.373 e. The Morgan fingerprint density at radius 3 is 2.66 bits per heavy atom. The number of ether oxygens (including phenoxy) is 1. The largest absolute Gasteiger partial charge is 0.463 e. The van der Waals surface area contributed by atoms with E-state index in [1.807, 2.05) is 39.0 Å². The van der Waals surface area contributed by atoms with Gasteiger partial charge in [0.25, 0.3) is 5.56 Å². The molecule has 1 aromatic carbocycles. The second kappa shape index (κ2) is 7.05. The highest BCUT2D eigenvalue weighted by molar-refractivity contribution is 5.86. The van der Waals surface area contributed by atoms with E-state index in [1.54, 1.807) is 16.9 Å². The maximum atomic E-state index is 13.2. The van der Waals surface area contributed by atoms with Gasteiger partial charge in [0.05, 0.1) is 24.7 Å². The van der Waals surface area contributed by atoms with Crippen molar-refractivity contribution < 1.29 is 13.9 Å². The molecule has 0 spiro atoms. The fourth-order valence-corrected chi connectivity index (χ4v) is 3.20. The molecular formula is C21H20N4O4. The second-order valence-electron chi connectivity index (χ2n) is 6.89. The van der Waals surface area contributed by atoms with Crippen LogP contribution >= 0.6 is 0 Å². The number of nitrogens with zero attached hydrogens (tertiary/aromatic N) is 4. The predicted octanol–water partition coefficient (Wildman–Crippen LogP) is 2.94. The summed E-state index contributed by atoms with van der Waals surface area (Å²) in [6.07, 6.45) is 1.65. The second-order valence-corrected chi connectivity index (χ2v) is 6.89. The lowest BCUT2D eigenvalue weighted by molar-refractivity contribution is 0.0562. The minimum Gasteiger partial charge on any atom is -0.463 e. The number of aromatic nitrogens is 4. The van der Waals surface area contributed by atoms with Crippen LogP contribution in [0.5, 0.6) is 0 Å². The molecule has 0 N–H and O–H groups in total. The molecule has 4 aromatic rings. The van der Waals surface area contributed by atoms with Gasteiger partial charge >= 0.3 is 5.97 Å². The van der Waals surface area contributed by atoms with Crippen molar-refractivity contribution in [2.45, 2.75) is 27.3 Å². The van der Waals surface area contributed by atoms with Crippen LogP contribution in [0.25, 0.3) is 16.6 Å². The quantitative estimate of drug-likeness (QED) is 0.496. The van der Waals surface area contributed by atoms with Crippen LogP contribution < -0.4 is 5.56 Å². The number of hydrogen-bond donors (Lipinski definition) is 0. The van der Waals surface area contributed by atoms with Gasteiger partial charge in [-0.25, -0.2) is 14.2 Å². The zero-order valence-electron chi connectivity index (χ0n) is 16.6. The van der Waals surface area contributed by atoms with E-state index in [-0.39, 0.29) is 17.9 Å². The maximum absolute atomic E-state index is 13.2. The molecular weight excluding hydrogens is 372 g/mol. The van der Waals surface area contributed by atoms with Crippen LogP contribution in [-0.2, 0) is 11.3 Å². The Morgan fingerprint density at radius 1 is 1.14 bits per heavy atom. The molecule has 8 heteroatoms. The number of esters is 1. The normalized spacial score (nSPS) is 11.2. The van der Waals surface area contributed by atoms with Gasteiger partial charge < -0.3 is 9.15 Å². The van der Waals surface area contributed by atoms with Gasteiger partial charge in [0, 0.05) is 5.39 Å². The molecule has 0 aliphatic rings. The first-order valence-corrected chi connectivity index (χ1v) is 9.09. The summed E-state index contributed by atoms with van der Waals surface area (Å²) in [6, 6.07) is 9.07. The lowest BCUT2D eigenvalue weighted by Crippen LogP contribution is -2.26. The van der Waals surface area contributed by atoms with E-state index < -0.39 is 5.97 Å². The molecule has 0 atom stereocenters. The third-order valence-corrected chi connectivity index (χ3v) is 4.96. The van der Waals surface area contributed by atoms with Crippen LogP contribution in [0.2, 0.25) is 0 Å². The van der Waals surface area contributed by atoms with Crippen molar-refractivity contribution in [2.24, 2.45) is 0 Å². The van der Waals surface area contributed by atoms with Crippen molar-refractivity contribution in [2.75, 3.05) is 7.11 Å². The van der Waals surface area contributed by atoms with Crippen molar-refractivity contribution in [3.05, 3.63) is 75.2 Å². The van der Waals surface area contributed by atoms with E-state index in [2.05, 4.69) is 14.9 Å². The standard InChI is InChI=1S/C21H20N4O4/c1-12-5-6-15(9-13(12)2)25-19-17(10-22-25)14(3)23-24(20(19)26)11-16-7-8-18(29-16)21(27)28-4/h5-10H,11H2,1-4H3. The molecule has 0 saturated heterocycles. The zero-order valence-corrected chi connectivity index (χ0v) is 16.6. The highest BCUT2D eigenvalue weighted by atomic mass is 16.5. The number of rotatable bonds is 4. The Hall–Kier alpha value is -3.68. The molecule has 3 heterocycles. The van der Waals surface area contributed by atoms with Gasteiger partial charge in [-0.15, -0.1) is 0 Å². The summed E-state index contributed by atoms with van der Waals surface area (Å²) in [7, 11) is 1.28. The number of furan rings is 1. The molecule has 0 bridgehead atoms. The van der Waals surface area contributed by atoms with E-state index in [1.165, 1.54) is 23.4 Å². The summed E-state index contributed by atoms with van der Waals surface area (Å²) in [6.45, 7) is 5.97. The van der Waals surface area contributed by atoms with Crippen LogP contribution in [0.3, 0.4) is 0 Å². The Labute approximate surface area is 166 Å². The molecule has 29 heavy (non-hydrogen) atoms. The van der Waals surface area contributed by atoms with Gasteiger partial charge in [0.2, 0.25) is 5.76 Å². The van der Waals surface area contributed by atoms with E-state index in [9.17, 15) is 9.59 Å². The van der Waals surface area contributed by atoms with Crippen molar-refractivity contribution in [1.82, 2.24) is 19.6 Å². The van der Waals surface area contributed by atoms with E-state index in [4.69, 9.17) is 4.42 Å². The topological polar surface area (TPSA) is 92.2 Å². The van der Waals surface area contributed by atoms with E-state index in [0.29, 0.717) is 22.4 Å². The Kier molecular flexibility index (Phi) is 4.54. The van der Waals surface area contributed by atoms with Gasteiger partial charge in [-0.1, -0.05) is 6.07 Å². The first-order chi connectivity index (χ1) is 13.9. The molecule has 0 unspecified atom stereocenters. The molecule has 0 fully saturated rings. The highest BCUT2D eigenvalue weighted by Crippen LogP contribution is 2.20. The number of aryl methyl sites for hydroxylation is 3. The maximum Gasteiger partial charge on any atom is 0.373 e. The van der Waals surface area contributed by atoms with Crippen LogP contribution in [0.1, 0.15) is 33.1 Å². The van der Waals surface area contributed by atoms with Crippen molar-refractivity contribution in [1.29, 1.82) is 0 Å². The van der Waals surface area contributed by atoms with Crippen LogP contribution in [-0.4, -0.2) is 32.6 Å². The zero-order chi connectivity index (χ0) is 20.7. The number of benzene rings is 1. The van der Waals surface area contributed by atoms with Crippen LogP contribution in [0.15, 0.2) is 45.7 Å². The van der Waals surface area contributed by atoms with Gasteiger partial charge in [0.15, 0.2) is 0 Å². The Morgan fingerprint density at radius 2 is 1.93 bits per heavy atom. The lowest BCUT2D eigenvalue weighted by Gasteiger charge is -2.09. The van der Waals surface area contributed by atoms with Crippen LogP contribution in [0.4, 0.5) is 0 Å². The summed E-state index contributed by atoms with van der Waals surface area (Å²) in [4.78, 5) is 24.8. The van der Waals surface area contributed by atoms with E-state index >= 15 is 0 Å². The third-order valence-electron chi connectivity index (χ3n) is 4.96. The molecule has 0 aliphatic heterocycles. The summed E-state index contributed by atoms with van der Waals surface area (Å²) >= 11 is 0. The molecule has 148 valence electrons. The van der Waals surface area contributed by atoms with Crippen molar-refractivity contribution >= 4 is 16.9 Å². The predicted molar refractivity (Wildman–Crippen MR) is 106 cm³/mol. The molecule has 0 amide bonds. The summed E-state index contributed by atoms with van der Waals surface area (Å²) < 4.78 is 13.1.